The fraction of sp³-hybridized carbons (Fsp3) is 0.900. The number of hydrogen-bond acceptors (Lipinski definition) is 5. The molecule has 0 aromatic heterocycles. The molecule has 0 aromatic rings. The molecular formula is C10H21NO4S. The van der Waals surface area contributed by atoms with Crippen LogP contribution in [0, 0.1) is 5.92 Å². The molecule has 0 amide bonds. The van der Waals surface area contributed by atoms with Crippen LogP contribution in [0.2, 0.25) is 0 Å². The van der Waals surface area contributed by atoms with Gasteiger partial charge in [0.2, 0.25) is 0 Å². The predicted octanol–water partition coefficient (Wildman–Crippen LogP) is 0.207. The third-order valence-electron chi connectivity index (χ3n) is 2.42. The predicted molar refractivity (Wildman–Crippen MR) is 63.0 cm³/mol. The van der Waals surface area contributed by atoms with Gasteiger partial charge in [0.1, 0.15) is 9.84 Å². The van der Waals surface area contributed by atoms with Crippen molar-refractivity contribution in [2.24, 2.45) is 5.92 Å². The fourth-order valence-electron chi connectivity index (χ4n) is 1.49. The van der Waals surface area contributed by atoms with Crippen molar-refractivity contribution in [1.29, 1.82) is 0 Å². The van der Waals surface area contributed by atoms with Crippen LogP contribution in [0.1, 0.15) is 20.8 Å². The normalized spacial score (nSPS) is 17.6. The first-order chi connectivity index (χ1) is 7.17. The average Bonchev–Trinajstić information content (AvgIpc) is 2.12. The highest BCUT2D eigenvalue weighted by atomic mass is 32.2. The number of carbonyl (C=O) groups excluding carboxylic acids is 1. The number of rotatable bonds is 6. The molecule has 0 aromatic carbocycles. The van der Waals surface area contributed by atoms with E-state index in [1.165, 1.54) is 13.4 Å². The first-order valence-corrected chi connectivity index (χ1v) is 7.25. The molecule has 0 heterocycles. The number of methoxy groups -OCH3 is 1. The lowest BCUT2D eigenvalue weighted by atomic mass is 10.0. The lowest BCUT2D eigenvalue weighted by Crippen LogP contribution is -2.44. The van der Waals surface area contributed by atoms with Gasteiger partial charge in [-0.15, -0.1) is 0 Å². The van der Waals surface area contributed by atoms with Gasteiger partial charge in [0, 0.05) is 18.3 Å². The molecule has 0 spiro atoms. The standard InChI is InChI=1S/C10H21NO4S/c1-7(6-16(5,13)14)11-9(3)8(2)10(12)15-4/h7-9,11H,6H2,1-5H3. The Hall–Kier alpha value is -0.620. The monoisotopic (exact) mass is 251 g/mol. The molecule has 6 heteroatoms. The van der Waals surface area contributed by atoms with Gasteiger partial charge in [-0.05, 0) is 13.8 Å². The number of ether oxygens (including phenoxy) is 1. The van der Waals surface area contributed by atoms with Crippen molar-refractivity contribution in [3.63, 3.8) is 0 Å². The molecule has 0 aliphatic carbocycles. The van der Waals surface area contributed by atoms with Crippen LogP contribution < -0.4 is 5.32 Å². The highest BCUT2D eigenvalue weighted by Gasteiger charge is 2.22. The van der Waals surface area contributed by atoms with Gasteiger partial charge in [-0.3, -0.25) is 4.79 Å². The van der Waals surface area contributed by atoms with Crippen LogP contribution in [0.25, 0.3) is 0 Å². The fourth-order valence-corrected chi connectivity index (χ4v) is 2.49. The van der Waals surface area contributed by atoms with E-state index in [0.29, 0.717) is 0 Å². The number of sulfone groups is 1. The highest BCUT2D eigenvalue weighted by molar-refractivity contribution is 7.90. The lowest BCUT2D eigenvalue weighted by molar-refractivity contribution is -0.145. The summed E-state index contributed by atoms with van der Waals surface area (Å²) in [4.78, 5) is 11.2. The van der Waals surface area contributed by atoms with E-state index in [0.717, 1.165) is 0 Å². The summed E-state index contributed by atoms with van der Waals surface area (Å²) in [5.74, 6) is -0.538. The van der Waals surface area contributed by atoms with Crippen molar-refractivity contribution in [2.75, 3.05) is 19.1 Å². The molecule has 3 atom stereocenters. The third kappa shape index (κ3) is 6.07. The summed E-state index contributed by atoms with van der Waals surface area (Å²) in [7, 11) is -1.66. The summed E-state index contributed by atoms with van der Waals surface area (Å²) < 4.78 is 26.7. The summed E-state index contributed by atoms with van der Waals surface area (Å²) in [6, 6.07) is -0.304. The van der Waals surface area contributed by atoms with Gasteiger partial charge in [0.25, 0.3) is 0 Å². The van der Waals surface area contributed by atoms with Crippen molar-refractivity contribution in [1.82, 2.24) is 5.32 Å². The van der Waals surface area contributed by atoms with E-state index in [1.54, 1.807) is 13.8 Å². The largest absolute Gasteiger partial charge is 0.469 e. The SMILES string of the molecule is COC(=O)C(C)C(C)NC(C)CS(C)(=O)=O. The number of esters is 1. The minimum Gasteiger partial charge on any atom is -0.469 e. The molecule has 0 aliphatic heterocycles. The van der Waals surface area contributed by atoms with Crippen LogP contribution in [-0.2, 0) is 19.4 Å². The lowest BCUT2D eigenvalue weighted by Gasteiger charge is -2.23. The van der Waals surface area contributed by atoms with Gasteiger partial charge in [-0.25, -0.2) is 8.42 Å². The molecule has 0 fully saturated rings. The van der Waals surface area contributed by atoms with Gasteiger partial charge in [-0.1, -0.05) is 6.92 Å². The Labute approximate surface area is 97.5 Å². The zero-order valence-electron chi connectivity index (χ0n) is 10.5. The molecule has 0 saturated carbocycles. The van der Waals surface area contributed by atoms with Crippen molar-refractivity contribution >= 4 is 15.8 Å². The van der Waals surface area contributed by atoms with E-state index in [1.807, 2.05) is 6.92 Å². The molecule has 0 bridgehead atoms. The second-order valence-electron chi connectivity index (χ2n) is 4.26. The number of nitrogens with one attached hydrogen (secondary N) is 1. The van der Waals surface area contributed by atoms with Gasteiger partial charge in [-0.2, -0.15) is 0 Å². The Kier molecular flexibility index (Phi) is 5.96. The molecule has 1 N–H and O–H groups in total. The number of carbonyl (C=O) groups is 1. The van der Waals surface area contributed by atoms with Crippen LogP contribution >= 0.6 is 0 Å². The maximum absolute atomic E-state index is 11.2. The van der Waals surface area contributed by atoms with Crippen LogP contribution in [-0.4, -0.2) is 45.6 Å². The molecular weight excluding hydrogens is 230 g/mol. The first kappa shape index (κ1) is 15.4. The summed E-state index contributed by atoms with van der Waals surface area (Å²) in [5.41, 5.74) is 0. The van der Waals surface area contributed by atoms with Crippen LogP contribution in [0.15, 0.2) is 0 Å². The van der Waals surface area contributed by atoms with Crippen LogP contribution in [0.5, 0.6) is 0 Å². The Morgan fingerprint density at radius 1 is 1.31 bits per heavy atom. The topological polar surface area (TPSA) is 72.5 Å². The quantitative estimate of drug-likeness (QED) is 0.683. The van der Waals surface area contributed by atoms with E-state index in [9.17, 15) is 13.2 Å². The van der Waals surface area contributed by atoms with Gasteiger partial charge >= 0.3 is 5.97 Å². The van der Waals surface area contributed by atoms with Crippen molar-refractivity contribution in [2.45, 2.75) is 32.9 Å². The Balaban J connectivity index is 4.24. The minimum absolute atomic E-state index is 0.0607. The van der Waals surface area contributed by atoms with E-state index < -0.39 is 9.84 Å². The molecule has 0 rings (SSSR count). The third-order valence-corrected chi connectivity index (χ3v) is 3.53. The highest BCUT2D eigenvalue weighted by Crippen LogP contribution is 2.06. The summed E-state index contributed by atoms with van der Waals surface area (Å²) in [6.45, 7) is 5.36. The summed E-state index contributed by atoms with van der Waals surface area (Å²) in [5, 5.41) is 3.07. The molecule has 0 aliphatic rings. The van der Waals surface area contributed by atoms with Crippen molar-refractivity contribution in [3.05, 3.63) is 0 Å². The van der Waals surface area contributed by atoms with Gasteiger partial charge in [0.15, 0.2) is 0 Å². The Morgan fingerprint density at radius 3 is 2.19 bits per heavy atom. The molecule has 96 valence electrons. The molecule has 0 saturated heterocycles. The van der Waals surface area contributed by atoms with Crippen LogP contribution in [0.4, 0.5) is 0 Å². The smallest absolute Gasteiger partial charge is 0.309 e. The Bertz CT molecular complexity index is 326. The second-order valence-corrected chi connectivity index (χ2v) is 6.45. The maximum atomic E-state index is 11.2. The molecule has 0 radical (unpaired) electrons. The second kappa shape index (κ2) is 6.20. The zero-order valence-corrected chi connectivity index (χ0v) is 11.3. The zero-order chi connectivity index (χ0) is 12.9. The summed E-state index contributed by atoms with van der Waals surface area (Å²) >= 11 is 0. The molecule has 16 heavy (non-hydrogen) atoms. The summed E-state index contributed by atoms with van der Waals surface area (Å²) in [6.07, 6.45) is 1.19. The van der Waals surface area contributed by atoms with Crippen LogP contribution in [0.3, 0.4) is 0 Å². The number of hydrogen-bond donors (Lipinski definition) is 1. The Morgan fingerprint density at radius 2 is 1.81 bits per heavy atom. The molecule has 3 unspecified atom stereocenters. The van der Waals surface area contributed by atoms with E-state index in [-0.39, 0.29) is 29.7 Å². The van der Waals surface area contributed by atoms with E-state index in [2.05, 4.69) is 10.1 Å². The molecule has 5 nitrogen and oxygen atoms in total. The van der Waals surface area contributed by atoms with E-state index in [4.69, 9.17) is 0 Å². The van der Waals surface area contributed by atoms with Gasteiger partial charge < -0.3 is 10.1 Å². The maximum Gasteiger partial charge on any atom is 0.309 e. The average molecular weight is 251 g/mol. The first-order valence-electron chi connectivity index (χ1n) is 5.19. The van der Waals surface area contributed by atoms with Crippen molar-refractivity contribution < 1.29 is 17.9 Å². The van der Waals surface area contributed by atoms with E-state index >= 15 is 0 Å². The van der Waals surface area contributed by atoms with Crippen molar-refractivity contribution in [3.8, 4) is 0 Å². The van der Waals surface area contributed by atoms with Gasteiger partial charge in [0.05, 0.1) is 18.8 Å². The minimum atomic E-state index is -3.00.